The predicted octanol–water partition coefficient (Wildman–Crippen LogP) is 2.80. The van der Waals surface area contributed by atoms with Crippen LogP contribution in [-0.4, -0.2) is 38.5 Å². The topological polar surface area (TPSA) is 79.6 Å². The molecule has 2 aromatic rings. The highest BCUT2D eigenvalue weighted by Gasteiger charge is 2.31. The van der Waals surface area contributed by atoms with Crippen molar-refractivity contribution >= 4 is 10.0 Å². The molecule has 3 rings (SSSR count). The first-order valence-electron chi connectivity index (χ1n) is 8.44. The Morgan fingerprint density at radius 2 is 1.85 bits per heavy atom. The Balaban J connectivity index is 1.85. The van der Waals surface area contributed by atoms with Crippen LogP contribution in [0.15, 0.2) is 53.4 Å². The first-order chi connectivity index (χ1) is 12.6. The maximum atomic E-state index is 13.1. The van der Waals surface area contributed by atoms with Gasteiger partial charge in [0.1, 0.15) is 18.8 Å². The van der Waals surface area contributed by atoms with Gasteiger partial charge in [-0.25, -0.2) is 8.42 Å². The van der Waals surface area contributed by atoms with Gasteiger partial charge in [0.25, 0.3) is 0 Å². The molecule has 26 heavy (non-hydrogen) atoms. The summed E-state index contributed by atoms with van der Waals surface area (Å²) in [4.78, 5) is 0.0214. The van der Waals surface area contributed by atoms with Crippen LogP contribution in [0, 0.1) is 11.3 Å². The van der Waals surface area contributed by atoms with Gasteiger partial charge in [-0.15, -0.1) is 0 Å². The van der Waals surface area contributed by atoms with E-state index in [9.17, 15) is 13.7 Å². The standard InChI is InChI=1S/C19H20N2O4S/c1-2-11-21(26(22,23)19-10-6-3-7-15(19)12-20)13-16-14-24-17-8-4-5-9-18(17)25-16/h3-10,16H,2,11,13-14H2,1H3. The lowest BCUT2D eigenvalue weighted by Crippen LogP contribution is -2.44. The van der Waals surface area contributed by atoms with Crippen LogP contribution in [0.1, 0.15) is 18.9 Å². The molecule has 7 heteroatoms. The van der Waals surface area contributed by atoms with Crippen molar-refractivity contribution in [2.45, 2.75) is 24.3 Å². The van der Waals surface area contributed by atoms with Gasteiger partial charge in [-0.2, -0.15) is 9.57 Å². The summed E-state index contributed by atoms with van der Waals surface area (Å²) < 4.78 is 39.1. The third-order valence-electron chi connectivity index (χ3n) is 4.07. The molecule has 2 aromatic carbocycles. The van der Waals surface area contributed by atoms with Crippen LogP contribution >= 0.6 is 0 Å². The normalized spacial score (nSPS) is 16.3. The zero-order valence-electron chi connectivity index (χ0n) is 14.5. The number of ether oxygens (including phenoxy) is 2. The molecule has 0 radical (unpaired) electrons. The molecule has 0 fully saturated rings. The van der Waals surface area contributed by atoms with Crippen molar-refractivity contribution in [1.82, 2.24) is 4.31 Å². The molecule has 1 aliphatic rings. The molecule has 1 unspecified atom stereocenters. The van der Waals surface area contributed by atoms with E-state index in [4.69, 9.17) is 9.47 Å². The van der Waals surface area contributed by atoms with E-state index < -0.39 is 16.1 Å². The van der Waals surface area contributed by atoms with Crippen LogP contribution < -0.4 is 9.47 Å². The van der Waals surface area contributed by atoms with Gasteiger partial charge in [-0.05, 0) is 30.7 Å². The van der Waals surface area contributed by atoms with Crippen molar-refractivity contribution in [1.29, 1.82) is 5.26 Å². The van der Waals surface area contributed by atoms with Crippen LogP contribution in [-0.2, 0) is 10.0 Å². The lowest BCUT2D eigenvalue weighted by atomic mass is 10.2. The number of fused-ring (bicyclic) bond motifs is 1. The summed E-state index contributed by atoms with van der Waals surface area (Å²) in [6, 6.07) is 15.5. The molecule has 0 aromatic heterocycles. The fourth-order valence-electron chi connectivity index (χ4n) is 2.86. The summed E-state index contributed by atoms with van der Waals surface area (Å²) in [7, 11) is -3.81. The number of para-hydroxylation sites is 2. The highest BCUT2D eigenvalue weighted by atomic mass is 32.2. The molecule has 1 aliphatic heterocycles. The van der Waals surface area contributed by atoms with Crippen molar-refractivity contribution in [3.63, 3.8) is 0 Å². The Hall–Kier alpha value is -2.56. The van der Waals surface area contributed by atoms with Crippen molar-refractivity contribution < 1.29 is 17.9 Å². The zero-order chi connectivity index (χ0) is 18.6. The number of nitriles is 1. The molecule has 1 heterocycles. The molecule has 0 saturated heterocycles. The minimum Gasteiger partial charge on any atom is -0.486 e. The smallest absolute Gasteiger partial charge is 0.244 e. The van der Waals surface area contributed by atoms with E-state index in [1.54, 1.807) is 18.2 Å². The second kappa shape index (κ2) is 7.77. The Labute approximate surface area is 153 Å². The van der Waals surface area contributed by atoms with Gasteiger partial charge in [-0.1, -0.05) is 31.2 Å². The molecule has 0 amide bonds. The fraction of sp³-hybridized carbons (Fsp3) is 0.316. The van der Waals surface area contributed by atoms with Gasteiger partial charge in [-0.3, -0.25) is 0 Å². The molecule has 0 aliphatic carbocycles. The van der Waals surface area contributed by atoms with Crippen molar-refractivity contribution in [3.8, 4) is 17.6 Å². The highest BCUT2D eigenvalue weighted by molar-refractivity contribution is 7.89. The number of hydrogen-bond donors (Lipinski definition) is 0. The zero-order valence-corrected chi connectivity index (χ0v) is 15.3. The molecule has 0 bridgehead atoms. The summed E-state index contributed by atoms with van der Waals surface area (Å²) in [5.41, 5.74) is 0.139. The van der Waals surface area contributed by atoms with E-state index in [2.05, 4.69) is 0 Å². The van der Waals surface area contributed by atoms with Crippen molar-refractivity contribution in [2.75, 3.05) is 19.7 Å². The number of sulfonamides is 1. The summed E-state index contributed by atoms with van der Waals surface area (Å²) in [6.07, 6.45) is 0.235. The summed E-state index contributed by atoms with van der Waals surface area (Å²) in [5, 5.41) is 9.25. The molecule has 6 nitrogen and oxygen atoms in total. The molecule has 0 saturated carbocycles. The van der Waals surface area contributed by atoms with Crippen LogP contribution in [0.25, 0.3) is 0 Å². The minimum absolute atomic E-state index is 0.0214. The van der Waals surface area contributed by atoms with Gasteiger partial charge >= 0.3 is 0 Å². The summed E-state index contributed by atoms with van der Waals surface area (Å²) in [5.74, 6) is 1.26. The summed E-state index contributed by atoms with van der Waals surface area (Å²) in [6.45, 7) is 2.67. The third kappa shape index (κ3) is 3.66. The van der Waals surface area contributed by atoms with Gasteiger partial charge in [0, 0.05) is 6.54 Å². The van der Waals surface area contributed by atoms with E-state index >= 15 is 0 Å². The maximum Gasteiger partial charge on any atom is 0.244 e. The maximum absolute atomic E-state index is 13.1. The van der Waals surface area contributed by atoms with Crippen LogP contribution in [0.2, 0.25) is 0 Å². The lowest BCUT2D eigenvalue weighted by Gasteiger charge is -2.31. The van der Waals surface area contributed by atoms with Crippen LogP contribution in [0.4, 0.5) is 0 Å². The van der Waals surface area contributed by atoms with Gasteiger partial charge in [0.15, 0.2) is 11.5 Å². The quantitative estimate of drug-likeness (QED) is 0.779. The second-order valence-electron chi connectivity index (χ2n) is 5.97. The first-order valence-corrected chi connectivity index (χ1v) is 9.88. The van der Waals surface area contributed by atoms with Gasteiger partial charge in [0.2, 0.25) is 10.0 Å². The summed E-state index contributed by atoms with van der Waals surface area (Å²) >= 11 is 0. The Morgan fingerprint density at radius 1 is 1.15 bits per heavy atom. The molecule has 1 atom stereocenters. The molecular weight excluding hydrogens is 352 g/mol. The lowest BCUT2D eigenvalue weighted by molar-refractivity contribution is 0.0764. The van der Waals surface area contributed by atoms with Crippen molar-refractivity contribution in [2.24, 2.45) is 0 Å². The minimum atomic E-state index is -3.81. The van der Waals surface area contributed by atoms with Crippen LogP contribution in [0.5, 0.6) is 11.5 Å². The van der Waals surface area contributed by atoms with E-state index in [1.165, 1.54) is 16.4 Å². The number of rotatable bonds is 6. The fourth-order valence-corrected chi connectivity index (χ4v) is 4.57. The largest absolute Gasteiger partial charge is 0.486 e. The van der Waals surface area contributed by atoms with E-state index in [0.717, 1.165) is 0 Å². The Bertz CT molecular complexity index is 921. The Morgan fingerprint density at radius 3 is 2.58 bits per heavy atom. The number of hydrogen-bond acceptors (Lipinski definition) is 5. The molecule has 0 spiro atoms. The monoisotopic (exact) mass is 372 g/mol. The van der Waals surface area contributed by atoms with Gasteiger partial charge < -0.3 is 9.47 Å². The number of nitrogens with zero attached hydrogens (tertiary/aromatic N) is 2. The van der Waals surface area contributed by atoms with Gasteiger partial charge in [0.05, 0.1) is 17.0 Å². The highest BCUT2D eigenvalue weighted by Crippen LogP contribution is 2.31. The molecule has 0 N–H and O–H groups in total. The average molecular weight is 372 g/mol. The first kappa shape index (κ1) is 18.2. The van der Waals surface area contributed by atoms with E-state index in [0.29, 0.717) is 24.5 Å². The number of benzene rings is 2. The molecular formula is C19H20N2O4S. The predicted molar refractivity (Wildman–Crippen MR) is 96.6 cm³/mol. The third-order valence-corrected chi connectivity index (χ3v) is 6.00. The van der Waals surface area contributed by atoms with Crippen molar-refractivity contribution in [3.05, 3.63) is 54.1 Å². The van der Waals surface area contributed by atoms with E-state index in [-0.39, 0.29) is 23.6 Å². The SMILES string of the molecule is CCCN(CC1COc2ccccc2O1)S(=O)(=O)c1ccccc1C#N. The second-order valence-corrected chi connectivity index (χ2v) is 7.87. The Kier molecular flexibility index (Phi) is 5.45. The van der Waals surface area contributed by atoms with E-state index in [1.807, 2.05) is 31.2 Å². The van der Waals surface area contributed by atoms with Crippen LogP contribution in [0.3, 0.4) is 0 Å². The average Bonchev–Trinajstić information content (AvgIpc) is 2.67. The molecule has 136 valence electrons.